The van der Waals surface area contributed by atoms with Crippen LogP contribution < -0.4 is 5.43 Å². The number of hydrogen-bond acceptors (Lipinski definition) is 5. The summed E-state index contributed by atoms with van der Waals surface area (Å²) in [6, 6.07) is 11.4. The van der Waals surface area contributed by atoms with Crippen molar-refractivity contribution < 1.29 is 10.0 Å². The molecule has 2 N–H and O–H groups in total. The van der Waals surface area contributed by atoms with Crippen molar-refractivity contribution >= 4 is 23.5 Å². The lowest BCUT2D eigenvalue weighted by Crippen LogP contribution is -2.06. The number of nitrogens with one attached hydrogen (secondary N) is 1. The third kappa shape index (κ3) is 3.93. The van der Waals surface area contributed by atoms with Gasteiger partial charge in [-0.25, -0.2) is 0 Å². The number of nitro benzene ring substituents is 1. The van der Waals surface area contributed by atoms with Gasteiger partial charge < -0.3 is 10.5 Å². The van der Waals surface area contributed by atoms with Crippen molar-refractivity contribution in [1.29, 1.82) is 0 Å². The second-order valence-electron chi connectivity index (χ2n) is 4.19. The minimum absolute atomic E-state index is 0.356. The Morgan fingerprint density at radius 2 is 2.10 bits per heavy atom. The van der Waals surface area contributed by atoms with Crippen molar-refractivity contribution in [2.24, 2.45) is 5.10 Å². The Bertz CT molecular complexity index is 689. The normalized spacial score (nSPS) is 10.7. The molecule has 0 atom stereocenters. The fourth-order valence-electron chi connectivity index (χ4n) is 1.66. The summed E-state index contributed by atoms with van der Waals surface area (Å²) in [6.07, 6.45) is 1.43. The molecule has 0 aliphatic heterocycles. The number of benzene rings is 2. The second kappa shape index (κ2) is 6.71. The van der Waals surface area contributed by atoms with Gasteiger partial charge >= 0.3 is 5.69 Å². The highest BCUT2D eigenvalue weighted by atomic mass is 35.5. The van der Waals surface area contributed by atoms with E-state index in [4.69, 9.17) is 11.6 Å². The summed E-state index contributed by atoms with van der Waals surface area (Å²) >= 11 is 6.00. The molecule has 108 valence electrons. The number of nitrogens with zero attached hydrogens (tertiary/aromatic N) is 2. The number of nitro groups is 1. The maximum atomic E-state index is 10.7. The third-order valence-corrected chi connectivity index (χ3v) is 3.10. The fraction of sp³-hybridized carbons (Fsp3) is 0.0714. The monoisotopic (exact) mass is 305 g/mol. The van der Waals surface area contributed by atoms with Gasteiger partial charge in [-0.2, -0.15) is 5.10 Å². The van der Waals surface area contributed by atoms with E-state index in [0.717, 1.165) is 5.56 Å². The summed E-state index contributed by atoms with van der Waals surface area (Å²) < 4.78 is 0. The highest BCUT2D eigenvalue weighted by Gasteiger charge is 2.12. The topological polar surface area (TPSA) is 87.8 Å². The SMILES string of the molecule is O=[N+]([O-])c1cc(/C=N\NCc2ccccc2Cl)ccc1O. The molecule has 0 aliphatic rings. The number of hydrazone groups is 1. The summed E-state index contributed by atoms with van der Waals surface area (Å²) in [5, 5.41) is 24.6. The Kier molecular flexibility index (Phi) is 4.73. The van der Waals surface area contributed by atoms with Crippen molar-refractivity contribution in [3.63, 3.8) is 0 Å². The summed E-state index contributed by atoms with van der Waals surface area (Å²) in [5.41, 5.74) is 3.85. The van der Waals surface area contributed by atoms with Crippen LogP contribution in [0.2, 0.25) is 5.02 Å². The van der Waals surface area contributed by atoms with E-state index in [1.807, 2.05) is 18.2 Å². The molecule has 2 aromatic carbocycles. The quantitative estimate of drug-likeness (QED) is 0.505. The molecule has 0 saturated carbocycles. The molecule has 6 nitrogen and oxygen atoms in total. The van der Waals surface area contributed by atoms with Crippen LogP contribution in [0.15, 0.2) is 47.6 Å². The molecule has 0 saturated heterocycles. The average molecular weight is 306 g/mol. The van der Waals surface area contributed by atoms with Crippen molar-refractivity contribution in [3.05, 3.63) is 68.7 Å². The first-order chi connectivity index (χ1) is 10.1. The number of halogens is 1. The maximum absolute atomic E-state index is 10.7. The molecule has 2 rings (SSSR count). The zero-order valence-electron chi connectivity index (χ0n) is 10.9. The van der Waals surface area contributed by atoms with Gasteiger partial charge in [0.2, 0.25) is 0 Å². The van der Waals surface area contributed by atoms with Crippen LogP contribution in [0.3, 0.4) is 0 Å². The van der Waals surface area contributed by atoms with Gasteiger partial charge in [0.25, 0.3) is 0 Å². The van der Waals surface area contributed by atoms with Gasteiger partial charge in [0.1, 0.15) is 0 Å². The molecular formula is C14H12ClN3O3. The van der Waals surface area contributed by atoms with Gasteiger partial charge in [-0.3, -0.25) is 10.1 Å². The molecule has 0 spiro atoms. The van der Waals surface area contributed by atoms with Crippen LogP contribution >= 0.6 is 11.6 Å². The summed E-state index contributed by atoms with van der Waals surface area (Å²) in [7, 11) is 0. The van der Waals surface area contributed by atoms with Gasteiger partial charge in [-0.15, -0.1) is 0 Å². The molecule has 0 fully saturated rings. The fourth-order valence-corrected chi connectivity index (χ4v) is 1.86. The third-order valence-electron chi connectivity index (χ3n) is 2.73. The minimum Gasteiger partial charge on any atom is -0.502 e. The number of aromatic hydroxyl groups is 1. The second-order valence-corrected chi connectivity index (χ2v) is 4.60. The molecule has 21 heavy (non-hydrogen) atoms. The first kappa shape index (κ1) is 14.8. The van der Waals surface area contributed by atoms with Gasteiger partial charge in [-0.1, -0.05) is 29.8 Å². The Morgan fingerprint density at radius 3 is 2.81 bits per heavy atom. The molecule has 0 bridgehead atoms. The van der Waals surface area contributed by atoms with E-state index in [0.29, 0.717) is 17.1 Å². The maximum Gasteiger partial charge on any atom is 0.311 e. The van der Waals surface area contributed by atoms with Crippen molar-refractivity contribution in [2.45, 2.75) is 6.54 Å². The molecule has 7 heteroatoms. The van der Waals surface area contributed by atoms with E-state index in [9.17, 15) is 15.2 Å². The van der Waals surface area contributed by atoms with Crippen molar-refractivity contribution in [1.82, 2.24) is 5.43 Å². The van der Waals surface area contributed by atoms with Gasteiger partial charge in [-0.05, 0) is 23.8 Å². The van der Waals surface area contributed by atoms with E-state index in [2.05, 4.69) is 10.5 Å². The highest BCUT2D eigenvalue weighted by molar-refractivity contribution is 6.31. The molecule has 0 aromatic heterocycles. The Morgan fingerprint density at radius 1 is 1.33 bits per heavy atom. The van der Waals surface area contributed by atoms with E-state index in [1.165, 1.54) is 24.4 Å². The summed E-state index contributed by atoms with van der Waals surface area (Å²) in [5.74, 6) is -0.374. The van der Waals surface area contributed by atoms with E-state index >= 15 is 0 Å². The average Bonchev–Trinajstić information content (AvgIpc) is 2.46. The number of rotatable bonds is 5. The van der Waals surface area contributed by atoms with Crippen LogP contribution in [-0.2, 0) is 6.54 Å². The van der Waals surface area contributed by atoms with Crippen LogP contribution in [0, 0.1) is 10.1 Å². The highest BCUT2D eigenvalue weighted by Crippen LogP contribution is 2.25. The zero-order valence-corrected chi connectivity index (χ0v) is 11.6. The standard InChI is InChI=1S/C14H12ClN3O3/c15-12-4-2-1-3-11(12)9-17-16-8-10-5-6-14(19)13(7-10)18(20)21/h1-8,17,19H,9H2/b16-8-. The summed E-state index contributed by atoms with van der Waals surface area (Å²) in [4.78, 5) is 10.0. The predicted octanol–water partition coefficient (Wildman–Crippen LogP) is 3.08. The minimum atomic E-state index is -0.649. The van der Waals surface area contributed by atoms with Crippen molar-refractivity contribution in [2.75, 3.05) is 0 Å². The van der Waals surface area contributed by atoms with Crippen LogP contribution in [-0.4, -0.2) is 16.2 Å². The lowest BCUT2D eigenvalue weighted by atomic mass is 10.2. The number of phenols is 1. The Hall–Kier alpha value is -2.60. The number of phenolic OH excluding ortho intramolecular Hbond substituents is 1. The van der Waals surface area contributed by atoms with Gasteiger partial charge in [0.15, 0.2) is 5.75 Å². The lowest BCUT2D eigenvalue weighted by molar-refractivity contribution is -0.385. The van der Waals surface area contributed by atoms with Gasteiger partial charge in [0.05, 0.1) is 17.7 Å². The first-order valence-corrected chi connectivity index (χ1v) is 6.42. The van der Waals surface area contributed by atoms with E-state index in [-0.39, 0.29) is 11.4 Å². The molecular weight excluding hydrogens is 294 g/mol. The molecule has 0 amide bonds. The molecule has 0 unspecified atom stereocenters. The van der Waals surface area contributed by atoms with E-state index in [1.54, 1.807) is 6.07 Å². The lowest BCUT2D eigenvalue weighted by Gasteiger charge is -2.03. The first-order valence-electron chi connectivity index (χ1n) is 6.04. The molecule has 2 aromatic rings. The van der Waals surface area contributed by atoms with Crippen LogP contribution in [0.25, 0.3) is 0 Å². The molecule has 0 aliphatic carbocycles. The Balaban J connectivity index is 2.00. The van der Waals surface area contributed by atoms with Crippen molar-refractivity contribution in [3.8, 4) is 5.75 Å². The predicted molar refractivity (Wildman–Crippen MR) is 80.6 cm³/mol. The summed E-state index contributed by atoms with van der Waals surface area (Å²) in [6.45, 7) is 0.441. The molecule has 0 heterocycles. The van der Waals surface area contributed by atoms with Gasteiger partial charge in [0, 0.05) is 16.7 Å². The zero-order chi connectivity index (χ0) is 15.2. The van der Waals surface area contributed by atoms with Crippen LogP contribution in [0.4, 0.5) is 5.69 Å². The Labute approximate surface area is 125 Å². The largest absolute Gasteiger partial charge is 0.502 e. The molecule has 0 radical (unpaired) electrons. The van der Waals surface area contributed by atoms with E-state index < -0.39 is 4.92 Å². The van der Waals surface area contributed by atoms with Crippen LogP contribution in [0.5, 0.6) is 5.75 Å². The van der Waals surface area contributed by atoms with Crippen LogP contribution in [0.1, 0.15) is 11.1 Å². The number of hydrogen-bond donors (Lipinski definition) is 2. The smallest absolute Gasteiger partial charge is 0.311 e.